The third kappa shape index (κ3) is 3.45. The van der Waals surface area contributed by atoms with E-state index < -0.39 is 21.7 Å². The number of sulfonamides is 1. The highest BCUT2D eigenvalue weighted by atomic mass is 32.2. The lowest BCUT2D eigenvalue weighted by atomic mass is 10.3. The van der Waals surface area contributed by atoms with E-state index in [4.69, 9.17) is 0 Å². The van der Waals surface area contributed by atoms with Gasteiger partial charge >= 0.3 is 0 Å². The Morgan fingerprint density at radius 2 is 1.68 bits per heavy atom. The Balaban J connectivity index is 1.49. The second kappa shape index (κ2) is 7.24. The molecule has 0 radical (unpaired) electrons. The molecule has 0 amide bonds. The van der Waals surface area contributed by atoms with Crippen molar-refractivity contribution < 1.29 is 17.2 Å². The fourth-order valence-corrected chi connectivity index (χ4v) is 4.42. The van der Waals surface area contributed by atoms with Gasteiger partial charge in [0.25, 0.3) is 0 Å². The number of hydrogen-bond donors (Lipinski definition) is 0. The SMILES string of the molecule is O=S(=O)(c1ccc(F)c(F)c1)N1CCN(c2cc(-n3cccn3)ncn2)CC1. The molecule has 3 aromatic rings. The van der Waals surface area contributed by atoms with Crippen molar-refractivity contribution in [2.45, 2.75) is 4.90 Å². The lowest BCUT2D eigenvalue weighted by molar-refractivity contribution is 0.383. The van der Waals surface area contributed by atoms with E-state index >= 15 is 0 Å². The minimum Gasteiger partial charge on any atom is -0.354 e. The molecule has 3 heterocycles. The highest BCUT2D eigenvalue weighted by Crippen LogP contribution is 2.22. The average Bonchev–Trinajstić information content (AvgIpc) is 3.25. The fourth-order valence-electron chi connectivity index (χ4n) is 2.98. The van der Waals surface area contributed by atoms with Crippen LogP contribution in [0.5, 0.6) is 0 Å². The van der Waals surface area contributed by atoms with Crippen LogP contribution >= 0.6 is 0 Å². The summed E-state index contributed by atoms with van der Waals surface area (Å²) in [7, 11) is -3.90. The van der Waals surface area contributed by atoms with E-state index in [0.29, 0.717) is 30.8 Å². The first-order chi connectivity index (χ1) is 13.4. The van der Waals surface area contributed by atoms with Crippen LogP contribution in [-0.2, 0) is 10.0 Å². The van der Waals surface area contributed by atoms with Crippen LogP contribution in [-0.4, -0.2) is 58.7 Å². The zero-order chi connectivity index (χ0) is 19.7. The predicted molar refractivity (Wildman–Crippen MR) is 96.5 cm³/mol. The molecule has 0 saturated carbocycles. The first-order valence-electron chi connectivity index (χ1n) is 8.47. The van der Waals surface area contributed by atoms with Gasteiger partial charge in [-0.25, -0.2) is 31.8 Å². The number of halogens is 2. The molecule has 0 spiro atoms. The zero-order valence-corrected chi connectivity index (χ0v) is 15.4. The number of rotatable bonds is 4. The topological polar surface area (TPSA) is 84.2 Å². The number of benzene rings is 1. The minimum absolute atomic E-state index is 0.197. The molecule has 0 atom stereocenters. The predicted octanol–water partition coefficient (Wildman–Crippen LogP) is 1.45. The van der Waals surface area contributed by atoms with Gasteiger partial charge in [0.1, 0.15) is 12.1 Å². The standard InChI is InChI=1S/C17H16F2N6O2S/c18-14-3-2-13(10-15(14)19)28(26,27)24-8-6-23(7-9-24)16-11-17(21-12-20-16)25-5-1-4-22-25/h1-5,10-12H,6-9H2. The summed E-state index contributed by atoms with van der Waals surface area (Å²) >= 11 is 0. The van der Waals surface area contributed by atoms with Crippen molar-refractivity contribution in [2.75, 3.05) is 31.1 Å². The molecule has 1 saturated heterocycles. The van der Waals surface area contributed by atoms with Crippen LogP contribution in [0.2, 0.25) is 0 Å². The summed E-state index contributed by atoms with van der Waals surface area (Å²) in [5, 5.41) is 4.13. The normalized spacial score (nSPS) is 15.7. The molecule has 1 aliphatic heterocycles. The number of aromatic nitrogens is 4. The quantitative estimate of drug-likeness (QED) is 0.652. The molecule has 2 aromatic heterocycles. The number of piperazine rings is 1. The molecule has 1 fully saturated rings. The van der Waals surface area contributed by atoms with E-state index in [1.807, 2.05) is 4.90 Å². The van der Waals surface area contributed by atoms with E-state index in [1.165, 1.54) is 10.6 Å². The first-order valence-corrected chi connectivity index (χ1v) is 9.91. The van der Waals surface area contributed by atoms with Crippen LogP contribution in [0.25, 0.3) is 5.82 Å². The summed E-state index contributed by atoms with van der Waals surface area (Å²) in [5.74, 6) is -1.01. The molecular weight excluding hydrogens is 390 g/mol. The largest absolute Gasteiger partial charge is 0.354 e. The van der Waals surface area contributed by atoms with Gasteiger partial charge in [0.15, 0.2) is 17.5 Å². The maximum atomic E-state index is 13.4. The summed E-state index contributed by atoms with van der Waals surface area (Å²) in [6, 6.07) is 6.14. The second-order valence-corrected chi connectivity index (χ2v) is 8.09. The second-order valence-electron chi connectivity index (χ2n) is 6.15. The highest BCUT2D eigenvalue weighted by Gasteiger charge is 2.29. The van der Waals surface area contributed by atoms with E-state index in [1.54, 1.807) is 29.2 Å². The van der Waals surface area contributed by atoms with Gasteiger partial charge in [-0.3, -0.25) is 0 Å². The van der Waals surface area contributed by atoms with Gasteiger partial charge in [-0.2, -0.15) is 9.40 Å². The van der Waals surface area contributed by atoms with Crippen molar-refractivity contribution in [1.82, 2.24) is 24.1 Å². The van der Waals surface area contributed by atoms with Crippen molar-refractivity contribution in [3.8, 4) is 5.82 Å². The average molecular weight is 406 g/mol. The van der Waals surface area contributed by atoms with Crippen molar-refractivity contribution >= 4 is 15.8 Å². The Bertz CT molecular complexity index is 1080. The maximum absolute atomic E-state index is 13.4. The lowest BCUT2D eigenvalue weighted by Gasteiger charge is -2.34. The Labute approximate surface area is 160 Å². The van der Waals surface area contributed by atoms with E-state index in [-0.39, 0.29) is 18.0 Å². The molecular formula is C17H16F2N6O2S. The van der Waals surface area contributed by atoms with Crippen LogP contribution in [0.1, 0.15) is 0 Å². The van der Waals surface area contributed by atoms with Gasteiger partial charge in [0.2, 0.25) is 10.0 Å². The molecule has 1 aromatic carbocycles. The fraction of sp³-hybridized carbons (Fsp3) is 0.235. The van der Waals surface area contributed by atoms with Crippen LogP contribution in [0.15, 0.2) is 53.9 Å². The van der Waals surface area contributed by atoms with Gasteiger partial charge < -0.3 is 4.90 Å². The molecule has 0 aliphatic carbocycles. The summed E-state index contributed by atoms with van der Waals surface area (Å²) in [6.45, 7) is 1.20. The maximum Gasteiger partial charge on any atom is 0.243 e. The monoisotopic (exact) mass is 406 g/mol. The van der Waals surface area contributed by atoms with Gasteiger partial charge in [-0.05, 0) is 24.3 Å². The molecule has 11 heteroatoms. The molecule has 0 unspecified atom stereocenters. The third-order valence-electron chi connectivity index (χ3n) is 4.47. The van der Waals surface area contributed by atoms with E-state index in [0.717, 1.165) is 12.1 Å². The van der Waals surface area contributed by atoms with E-state index in [9.17, 15) is 17.2 Å². The smallest absolute Gasteiger partial charge is 0.243 e. The van der Waals surface area contributed by atoms with Crippen LogP contribution in [0.4, 0.5) is 14.6 Å². The van der Waals surface area contributed by atoms with Crippen molar-refractivity contribution in [3.63, 3.8) is 0 Å². The van der Waals surface area contributed by atoms with Gasteiger partial charge in [-0.15, -0.1) is 0 Å². The highest BCUT2D eigenvalue weighted by molar-refractivity contribution is 7.89. The number of anilines is 1. The molecule has 1 aliphatic rings. The van der Waals surface area contributed by atoms with Crippen LogP contribution < -0.4 is 4.90 Å². The van der Waals surface area contributed by atoms with Gasteiger partial charge in [0.05, 0.1) is 4.90 Å². The van der Waals surface area contributed by atoms with E-state index in [2.05, 4.69) is 15.1 Å². The van der Waals surface area contributed by atoms with Crippen molar-refractivity contribution in [2.24, 2.45) is 0 Å². The lowest BCUT2D eigenvalue weighted by Crippen LogP contribution is -2.49. The molecule has 8 nitrogen and oxygen atoms in total. The Hall–Kier alpha value is -2.92. The summed E-state index contributed by atoms with van der Waals surface area (Å²) in [5.41, 5.74) is 0. The van der Waals surface area contributed by atoms with Crippen LogP contribution in [0.3, 0.4) is 0 Å². The Morgan fingerprint density at radius 3 is 2.36 bits per heavy atom. The molecule has 0 N–H and O–H groups in total. The molecule has 28 heavy (non-hydrogen) atoms. The third-order valence-corrected chi connectivity index (χ3v) is 6.36. The van der Waals surface area contributed by atoms with Gasteiger partial charge in [0, 0.05) is 44.6 Å². The zero-order valence-electron chi connectivity index (χ0n) is 14.6. The summed E-state index contributed by atoms with van der Waals surface area (Å²) < 4.78 is 54.8. The molecule has 4 rings (SSSR count). The number of nitrogens with zero attached hydrogens (tertiary/aromatic N) is 6. The number of hydrogen-bond acceptors (Lipinski definition) is 6. The van der Waals surface area contributed by atoms with Crippen molar-refractivity contribution in [1.29, 1.82) is 0 Å². The van der Waals surface area contributed by atoms with Gasteiger partial charge in [-0.1, -0.05) is 0 Å². The van der Waals surface area contributed by atoms with Crippen LogP contribution in [0, 0.1) is 11.6 Å². The first kappa shape index (κ1) is 18.4. The minimum atomic E-state index is -3.90. The molecule has 0 bridgehead atoms. The van der Waals surface area contributed by atoms with Crippen molar-refractivity contribution in [3.05, 3.63) is 60.7 Å². The Morgan fingerprint density at radius 1 is 0.929 bits per heavy atom. The summed E-state index contributed by atoms with van der Waals surface area (Å²) in [6.07, 6.45) is 4.83. The summed E-state index contributed by atoms with van der Waals surface area (Å²) in [4.78, 5) is 10.1. The Kier molecular flexibility index (Phi) is 4.77. The molecule has 146 valence electrons.